The fourth-order valence-electron chi connectivity index (χ4n) is 19.7. The topological polar surface area (TPSA) is 378 Å². The second-order valence-electron chi connectivity index (χ2n) is 35.5. The number of oxazole rings is 3. The van der Waals surface area contributed by atoms with E-state index in [1.54, 1.807) is 55.3 Å². The number of rotatable bonds is 24. The molecule has 0 bridgehead atoms. The van der Waals surface area contributed by atoms with Crippen molar-refractivity contribution in [3.63, 3.8) is 0 Å². The Hall–Kier alpha value is -11.3. The van der Waals surface area contributed by atoms with Gasteiger partial charge in [-0.3, -0.25) is 67.5 Å². The number of hydrogen-bond donors (Lipinski definition) is 0. The average Bonchev–Trinajstić information content (AvgIpc) is 1.52. The molecule has 15 heterocycles. The van der Waals surface area contributed by atoms with Crippen LogP contribution in [0, 0.1) is 37.0 Å². The van der Waals surface area contributed by atoms with Crippen LogP contribution in [0.15, 0.2) is 123 Å². The minimum absolute atomic E-state index is 0.0476. The summed E-state index contributed by atoms with van der Waals surface area (Å²) in [4.78, 5) is 174. The van der Waals surface area contributed by atoms with E-state index in [0.717, 1.165) is 59.9 Å². The molecule has 3 spiro atoms. The molecule has 33 nitrogen and oxygen atoms in total. The highest BCUT2D eigenvalue weighted by Gasteiger charge is 2.61. The van der Waals surface area contributed by atoms with Crippen molar-refractivity contribution in [1.29, 1.82) is 0 Å². The number of thiophene rings is 3. The van der Waals surface area contributed by atoms with Crippen LogP contribution < -0.4 is 28.9 Å². The summed E-state index contributed by atoms with van der Waals surface area (Å²) < 4.78 is 75.6. The Labute approximate surface area is 787 Å². The number of ketones is 5. The number of carbonyl (C=O) groups excluding carboxylic acids is 11. The molecular formula is C98H111N9O24S3. The zero-order valence-electron chi connectivity index (χ0n) is 77.0. The molecule has 3 aromatic carbocycles. The Balaban J connectivity index is 0.000000146. The molecule has 710 valence electrons. The number of likely N-dealkylation sites (tertiary alicyclic amines) is 3. The lowest BCUT2D eigenvalue weighted by molar-refractivity contribution is -0.159. The van der Waals surface area contributed by atoms with Crippen LogP contribution in [0.1, 0.15) is 188 Å². The van der Waals surface area contributed by atoms with Crippen molar-refractivity contribution in [1.82, 2.24) is 29.7 Å². The van der Waals surface area contributed by atoms with E-state index >= 15 is 0 Å². The summed E-state index contributed by atoms with van der Waals surface area (Å²) in [5.41, 5.74) is 1.22. The molecule has 36 heteroatoms. The maximum atomic E-state index is 14.9. The number of carbonyl (C=O) groups is 11. The van der Waals surface area contributed by atoms with Crippen molar-refractivity contribution < 1.29 is 113 Å². The molecule has 5 amide bonds. The Morgan fingerprint density at radius 3 is 0.993 bits per heavy atom. The number of piperidine rings is 3. The van der Waals surface area contributed by atoms with Gasteiger partial charge in [-0.05, 0) is 153 Å². The molecule has 0 aliphatic carbocycles. The van der Waals surface area contributed by atoms with Gasteiger partial charge in [-0.15, -0.1) is 34.0 Å². The predicted molar refractivity (Wildman–Crippen MR) is 493 cm³/mol. The van der Waals surface area contributed by atoms with Gasteiger partial charge in [0.15, 0.2) is 17.3 Å². The summed E-state index contributed by atoms with van der Waals surface area (Å²) in [6, 6.07) is 22.9. The van der Waals surface area contributed by atoms with Gasteiger partial charge in [0.1, 0.15) is 91.4 Å². The van der Waals surface area contributed by atoms with E-state index in [1.165, 1.54) is 75.7 Å². The maximum absolute atomic E-state index is 14.9. The van der Waals surface area contributed by atoms with Gasteiger partial charge in [-0.25, -0.2) is 19.7 Å². The highest BCUT2D eigenvalue weighted by atomic mass is 32.1. The van der Waals surface area contributed by atoms with E-state index in [4.69, 9.17) is 55.9 Å². The summed E-state index contributed by atoms with van der Waals surface area (Å²) in [6.07, 6.45) is 12.6. The molecular weight excluding hydrogens is 1780 g/mol. The Bertz CT molecular complexity index is 5840. The summed E-state index contributed by atoms with van der Waals surface area (Å²) in [7, 11) is 5.97. The van der Waals surface area contributed by atoms with Gasteiger partial charge < -0.3 is 70.4 Å². The van der Waals surface area contributed by atoms with E-state index in [9.17, 15) is 52.7 Å². The lowest BCUT2D eigenvalue weighted by Gasteiger charge is -2.48. The first-order valence-corrected chi connectivity index (χ1v) is 47.8. The van der Waals surface area contributed by atoms with E-state index < -0.39 is 63.7 Å². The minimum atomic E-state index is -1.43. The molecule has 3 atom stereocenters. The number of aromatic nitrogens is 3. The molecule has 0 saturated carbocycles. The van der Waals surface area contributed by atoms with Gasteiger partial charge in [-0.1, -0.05) is 54.6 Å². The maximum Gasteiger partial charge on any atom is 0.396 e. The first-order chi connectivity index (χ1) is 64.6. The molecule has 9 aliphatic heterocycles. The first kappa shape index (κ1) is 95.8. The third kappa shape index (κ3) is 18.4. The molecule has 6 fully saturated rings. The van der Waals surface area contributed by atoms with Gasteiger partial charge in [0, 0.05) is 103 Å². The highest BCUT2D eigenvalue weighted by Crippen LogP contribution is 2.57. The van der Waals surface area contributed by atoms with E-state index in [2.05, 4.69) is 24.6 Å². The first-order valence-electron chi connectivity index (χ1n) is 45.3. The number of benzene rings is 3. The molecule has 6 aromatic heterocycles. The van der Waals surface area contributed by atoms with E-state index in [-0.39, 0.29) is 131 Å². The summed E-state index contributed by atoms with van der Waals surface area (Å²) >= 11 is 3.93. The molecule has 0 radical (unpaired) electrons. The summed E-state index contributed by atoms with van der Waals surface area (Å²) in [5, 5.41) is 1.61. The van der Waals surface area contributed by atoms with Crippen molar-refractivity contribution in [2.75, 3.05) is 142 Å². The molecule has 6 saturated heterocycles. The number of esters is 1. The molecule has 134 heavy (non-hydrogen) atoms. The predicted octanol–water partition coefficient (Wildman–Crippen LogP) is 14.0. The second kappa shape index (κ2) is 40.7. The van der Waals surface area contributed by atoms with Crippen molar-refractivity contribution in [3.8, 4) is 49.6 Å². The number of amides is 5. The third-order valence-electron chi connectivity index (χ3n) is 27.8. The SMILES string of the molecule is COC(=O)C(=O)N1CCC2(CC1)C(=O)c1c(sc(-c3ncco3)c1C)N(C[C@H](OC1CCOCC1)c1ccccc1OC)C2=O.COc1ccccc1[C@H](CN1C(=O)C2(CCN(C(=O)C(C)=O)CC2)C(=O)c2c1sc(-c1ncco1)c2C)OC1CCOCC1.COc1ccccc1[C@H](CN1C(=O)C2(CCN(C(C)(C)C(C)=O)CC2)C(=O)c2c1sc(-c1ncco1)c2C)OC1CCOCC1. The van der Waals surface area contributed by atoms with Crippen molar-refractivity contribution in [2.24, 2.45) is 16.2 Å². The van der Waals surface area contributed by atoms with Crippen LogP contribution in [-0.2, 0) is 71.5 Å². The number of methoxy groups -OCH3 is 4. The van der Waals surface area contributed by atoms with Crippen LogP contribution in [0.2, 0.25) is 0 Å². The lowest BCUT2D eigenvalue weighted by Crippen LogP contribution is -2.61. The molecule has 9 aromatic rings. The van der Waals surface area contributed by atoms with Crippen molar-refractivity contribution in [2.45, 2.75) is 168 Å². The fourth-order valence-corrected chi connectivity index (χ4v) is 23.5. The average molecular weight is 1900 g/mol. The minimum Gasteiger partial charge on any atom is -0.496 e. The van der Waals surface area contributed by atoms with Crippen LogP contribution in [-0.4, -0.2) is 245 Å². The molecule has 0 N–H and O–H groups in total. The third-order valence-corrected chi connectivity index (χ3v) is 31.7. The number of para-hydroxylation sites is 3. The largest absolute Gasteiger partial charge is 0.496 e. The van der Waals surface area contributed by atoms with Crippen molar-refractivity contribution >= 4 is 113 Å². The zero-order chi connectivity index (χ0) is 94.7. The molecule has 0 unspecified atom stereocenters. The smallest absolute Gasteiger partial charge is 0.396 e. The monoisotopic (exact) mass is 1890 g/mol. The van der Waals surface area contributed by atoms with E-state index in [1.807, 2.05) is 107 Å². The zero-order valence-corrected chi connectivity index (χ0v) is 79.4. The number of fused-ring (bicyclic) bond motifs is 3. The number of hydrogen-bond acceptors (Lipinski definition) is 31. The van der Waals surface area contributed by atoms with Crippen LogP contribution in [0.25, 0.3) is 32.3 Å². The standard InChI is InChI=1S/C34H41N3O7S.C32H35N3O9S.C32H35N3O8S/c1-21-27-29(39)34(12-15-36(16-13-34)33(3,4)22(2)38)32(40)37(31(27)45-28(21)30-35-14-19-43-30)20-26(44-23-10-17-42-18-11-23)24-8-6-7-9-25(24)41-5;1-19-24-26(36)32(10-13-34(14-11-32)28(37)30(38)41-3)31(39)35(29(24)45-25(19)27-33-12-17-43-27)18-23(44-20-8-15-42-16-9-20)21-6-4-5-7-22(21)40-2;1-19-25-27(37)32(10-13-34(14-11-32)29(38)20(2)36)31(39)35(30(25)44-26(19)28-33-12-17-42-28)18-24(43-21-8-15-41-16-9-21)22-6-4-5-7-23(22)40-3/h6-9,14,19,23,26H,10-13,15-18,20H2,1-5H3;4-7,12,17,20,23H,8-11,13-16,18H2,1-3H3;4-7,12,17,21,24H,8-11,13-16,18H2,1-3H3/t26-;23-;24-/m000/s1. The van der Waals surface area contributed by atoms with Gasteiger partial charge >= 0.3 is 11.9 Å². The van der Waals surface area contributed by atoms with Gasteiger partial charge in [0.2, 0.25) is 41.2 Å². The second-order valence-corrected chi connectivity index (χ2v) is 38.5. The molecule has 9 aliphatic rings. The quantitative estimate of drug-likeness (QED) is 0.0308. The van der Waals surface area contributed by atoms with Gasteiger partial charge in [-0.2, -0.15) is 0 Å². The van der Waals surface area contributed by atoms with Crippen LogP contribution in [0.3, 0.4) is 0 Å². The Morgan fingerprint density at radius 1 is 0.433 bits per heavy atom. The van der Waals surface area contributed by atoms with Crippen molar-refractivity contribution in [3.05, 3.63) is 160 Å². The highest BCUT2D eigenvalue weighted by molar-refractivity contribution is 7.21. The van der Waals surface area contributed by atoms with Crippen LogP contribution in [0.4, 0.5) is 15.0 Å². The number of Topliss-reactive ketones (excluding diaryl/α,β-unsaturated/α-hetero) is 5. The number of nitrogens with zero attached hydrogens (tertiary/aromatic N) is 9. The van der Waals surface area contributed by atoms with Gasteiger partial charge in [0.25, 0.3) is 5.91 Å². The lowest BCUT2D eigenvalue weighted by atomic mass is 9.68. The fraction of sp³-hybridized carbons (Fsp3) is 0.490. The van der Waals surface area contributed by atoms with Crippen LogP contribution in [0.5, 0.6) is 17.2 Å². The normalized spacial score (nSPS) is 19.4. The Morgan fingerprint density at radius 2 is 0.724 bits per heavy atom. The van der Waals surface area contributed by atoms with E-state index in [0.29, 0.717) is 166 Å². The Kier molecular flexibility index (Phi) is 29.1. The number of ether oxygens (including phenoxy) is 10. The summed E-state index contributed by atoms with van der Waals surface area (Å²) in [6.45, 7) is 17.5. The van der Waals surface area contributed by atoms with Gasteiger partial charge in [0.05, 0.1) is 122 Å². The van der Waals surface area contributed by atoms with Crippen LogP contribution >= 0.6 is 34.0 Å². The molecule has 18 rings (SSSR count). The number of anilines is 3. The summed E-state index contributed by atoms with van der Waals surface area (Å²) in [5.74, 6) is -1.45.